The minimum Gasteiger partial charge on any atom is -0.486 e. The van der Waals surface area contributed by atoms with Gasteiger partial charge >= 0.3 is 5.97 Å². The van der Waals surface area contributed by atoms with Crippen LogP contribution in [-0.4, -0.2) is 53.0 Å². The highest BCUT2D eigenvalue weighted by Crippen LogP contribution is 2.30. The van der Waals surface area contributed by atoms with E-state index in [1.54, 1.807) is 29.6 Å². The fourth-order valence-electron chi connectivity index (χ4n) is 4.04. The smallest absolute Gasteiger partial charge is 0.323 e. The molecule has 11 heteroatoms. The molecule has 4 rings (SSSR count). The molecule has 2 N–H and O–H groups in total. The van der Waals surface area contributed by atoms with E-state index in [-0.39, 0.29) is 24.8 Å². The molecule has 0 bridgehead atoms. The molecule has 3 aromatic rings. The van der Waals surface area contributed by atoms with Crippen LogP contribution < -0.4 is 10.1 Å². The molecule has 190 valence electrons. The van der Waals surface area contributed by atoms with Gasteiger partial charge in [-0.25, -0.2) is 13.8 Å². The second-order valence-electron chi connectivity index (χ2n) is 8.50. The van der Waals surface area contributed by atoms with E-state index in [1.807, 2.05) is 0 Å². The molecule has 2 aromatic carbocycles. The molecule has 7 nitrogen and oxygen atoms in total. The van der Waals surface area contributed by atoms with Gasteiger partial charge in [0, 0.05) is 16.8 Å². The number of benzene rings is 2. The lowest BCUT2D eigenvalue weighted by atomic mass is 9.97. The van der Waals surface area contributed by atoms with E-state index in [9.17, 15) is 23.5 Å². The number of piperidine rings is 1. The van der Waals surface area contributed by atoms with Gasteiger partial charge in [-0.2, -0.15) is 0 Å². The van der Waals surface area contributed by atoms with Crippen LogP contribution in [0.15, 0.2) is 46.7 Å². The van der Waals surface area contributed by atoms with Crippen LogP contribution in [-0.2, 0) is 11.4 Å². The summed E-state index contributed by atoms with van der Waals surface area (Å²) in [5.74, 6) is -2.59. The van der Waals surface area contributed by atoms with E-state index in [2.05, 4.69) is 22.9 Å². The Morgan fingerprint density at radius 3 is 2.56 bits per heavy atom. The lowest BCUT2D eigenvalue weighted by Gasteiger charge is -2.28. The zero-order valence-electron chi connectivity index (χ0n) is 19.2. The first-order valence-corrected chi connectivity index (χ1v) is 12.7. The van der Waals surface area contributed by atoms with Gasteiger partial charge < -0.3 is 20.1 Å². The lowest BCUT2D eigenvalue weighted by Crippen LogP contribution is -2.42. The number of aromatic nitrogens is 1. The van der Waals surface area contributed by atoms with Gasteiger partial charge in [-0.15, -0.1) is 24.0 Å². The maximum atomic E-state index is 13.6. The molecule has 0 saturated carbocycles. The summed E-state index contributed by atoms with van der Waals surface area (Å²) in [7, 11) is 0. The highest BCUT2D eigenvalue weighted by molar-refractivity contribution is 7.80. The number of thiazole rings is 1. The van der Waals surface area contributed by atoms with Crippen molar-refractivity contribution in [2.45, 2.75) is 24.3 Å². The van der Waals surface area contributed by atoms with Gasteiger partial charge in [0.25, 0.3) is 5.91 Å². The molecule has 0 unspecified atom stereocenters. The minimum absolute atomic E-state index is 0.119. The van der Waals surface area contributed by atoms with Gasteiger partial charge in [0.15, 0.2) is 11.6 Å². The molecule has 1 aromatic heterocycles. The third-order valence-electron chi connectivity index (χ3n) is 5.89. The molecular formula is C25H25F2N3O4S2. The van der Waals surface area contributed by atoms with Crippen LogP contribution in [0.25, 0.3) is 11.1 Å². The molecular weight excluding hydrogens is 508 g/mol. The Morgan fingerprint density at radius 2 is 1.86 bits per heavy atom. The monoisotopic (exact) mass is 533 g/mol. The van der Waals surface area contributed by atoms with Crippen LogP contribution >= 0.6 is 24.0 Å². The van der Waals surface area contributed by atoms with E-state index < -0.39 is 23.5 Å². The quantitative estimate of drug-likeness (QED) is 0.352. The number of ether oxygens (including phenoxy) is 1. The maximum absolute atomic E-state index is 13.6. The van der Waals surface area contributed by atoms with E-state index in [0.29, 0.717) is 33.3 Å². The maximum Gasteiger partial charge on any atom is 0.323 e. The zero-order valence-corrected chi connectivity index (χ0v) is 21.0. The van der Waals surface area contributed by atoms with Crippen molar-refractivity contribution in [2.24, 2.45) is 5.92 Å². The normalized spacial score (nSPS) is 14.0. The average molecular weight is 534 g/mol. The van der Waals surface area contributed by atoms with Crippen LogP contribution in [0.1, 0.15) is 28.3 Å². The second kappa shape index (κ2) is 11.8. The number of amides is 1. The van der Waals surface area contributed by atoms with Gasteiger partial charge in [0.2, 0.25) is 0 Å². The number of nitrogens with one attached hydrogen (secondary N) is 1. The standard InChI is InChI=1S/C25H25F2N3O4S2/c26-19-9-18(22(35)10-20(19)27)16-1-3-17(4-2-16)34-13-23-29-21(14-36-23)25(33)30(12-24(31)32)11-15-5-7-28-8-6-15/h1-4,9-10,14-15,28,35H,5-8,11-13H2,(H,31,32). The number of carboxylic acids is 1. The Balaban J connectivity index is 1.38. The highest BCUT2D eigenvalue weighted by atomic mass is 32.1. The molecule has 1 aliphatic heterocycles. The summed E-state index contributed by atoms with van der Waals surface area (Å²) in [5, 5.41) is 14.7. The van der Waals surface area contributed by atoms with Gasteiger partial charge in [-0.3, -0.25) is 9.59 Å². The third-order valence-corrected chi connectivity index (χ3v) is 7.08. The van der Waals surface area contributed by atoms with Crippen LogP contribution in [0, 0.1) is 17.6 Å². The van der Waals surface area contributed by atoms with Crippen molar-refractivity contribution in [3.05, 3.63) is 64.1 Å². The first-order valence-electron chi connectivity index (χ1n) is 11.4. The number of halogens is 2. The number of carboxylic acid groups (broad SMARTS) is 1. The predicted molar refractivity (Wildman–Crippen MR) is 135 cm³/mol. The van der Waals surface area contributed by atoms with Crippen molar-refractivity contribution in [3.63, 3.8) is 0 Å². The third kappa shape index (κ3) is 6.59. The van der Waals surface area contributed by atoms with Crippen molar-refractivity contribution < 1.29 is 28.2 Å². The van der Waals surface area contributed by atoms with E-state index in [4.69, 9.17) is 4.74 Å². The Morgan fingerprint density at radius 1 is 1.17 bits per heavy atom. The molecule has 0 radical (unpaired) electrons. The number of thiol groups is 1. The van der Waals surface area contributed by atoms with Gasteiger partial charge in [0.1, 0.15) is 29.6 Å². The molecule has 0 aliphatic carbocycles. The van der Waals surface area contributed by atoms with Crippen molar-refractivity contribution >= 4 is 35.8 Å². The summed E-state index contributed by atoms with van der Waals surface area (Å²) in [4.78, 5) is 30.3. The summed E-state index contributed by atoms with van der Waals surface area (Å²) >= 11 is 5.47. The number of carbonyl (C=O) groups excluding carboxylic acids is 1. The Labute approximate surface area is 216 Å². The SMILES string of the molecule is O=C(O)CN(CC1CCNCC1)C(=O)c1csc(COc2ccc(-c3cc(F)c(F)cc3S)cc2)n1. The fourth-order valence-corrected chi connectivity index (χ4v) is 5.03. The van der Waals surface area contributed by atoms with Gasteiger partial charge in [0.05, 0.1) is 0 Å². The summed E-state index contributed by atoms with van der Waals surface area (Å²) < 4.78 is 32.7. The number of hydrogen-bond acceptors (Lipinski definition) is 7. The minimum atomic E-state index is -1.06. The number of carbonyl (C=O) groups is 2. The molecule has 36 heavy (non-hydrogen) atoms. The number of aliphatic carboxylic acids is 1. The van der Waals surface area contributed by atoms with E-state index in [1.165, 1.54) is 16.2 Å². The Hall–Kier alpha value is -3.02. The van der Waals surface area contributed by atoms with E-state index >= 15 is 0 Å². The topological polar surface area (TPSA) is 91.8 Å². The molecule has 1 amide bonds. The molecule has 2 heterocycles. The first kappa shape index (κ1) is 26.1. The number of rotatable bonds is 9. The summed E-state index contributed by atoms with van der Waals surface area (Å²) in [5.41, 5.74) is 1.31. The molecule has 1 saturated heterocycles. The largest absolute Gasteiger partial charge is 0.486 e. The number of nitrogens with zero attached hydrogens (tertiary/aromatic N) is 2. The van der Waals surface area contributed by atoms with Gasteiger partial charge in [-0.05, 0) is 67.2 Å². The highest BCUT2D eigenvalue weighted by Gasteiger charge is 2.25. The molecule has 1 aliphatic rings. The summed E-state index contributed by atoms with van der Waals surface area (Å²) in [6.45, 7) is 1.84. The van der Waals surface area contributed by atoms with Crippen LogP contribution in [0.2, 0.25) is 0 Å². The lowest BCUT2D eigenvalue weighted by molar-refractivity contribution is -0.137. The van der Waals surface area contributed by atoms with Crippen molar-refractivity contribution in [1.29, 1.82) is 0 Å². The molecule has 0 spiro atoms. The van der Waals surface area contributed by atoms with Crippen molar-refractivity contribution in [3.8, 4) is 16.9 Å². The average Bonchev–Trinajstić information content (AvgIpc) is 3.34. The molecule has 1 fully saturated rings. The molecule has 0 atom stereocenters. The Bertz CT molecular complexity index is 1230. The summed E-state index contributed by atoms with van der Waals surface area (Å²) in [6, 6.07) is 8.93. The van der Waals surface area contributed by atoms with E-state index in [0.717, 1.165) is 38.1 Å². The fraction of sp³-hybridized carbons (Fsp3) is 0.320. The Kier molecular flexibility index (Phi) is 8.55. The predicted octanol–water partition coefficient (Wildman–Crippen LogP) is 4.48. The number of hydrogen-bond donors (Lipinski definition) is 3. The summed E-state index contributed by atoms with van der Waals surface area (Å²) in [6.07, 6.45) is 1.79. The van der Waals surface area contributed by atoms with Crippen LogP contribution in [0.5, 0.6) is 5.75 Å². The van der Waals surface area contributed by atoms with Crippen molar-refractivity contribution in [2.75, 3.05) is 26.2 Å². The van der Waals surface area contributed by atoms with Crippen LogP contribution in [0.4, 0.5) is 8.78 Å². The first-order chi connectivity index (χ1) is 17.3. The van der Waals surface area contributed by atoms with Crippen LogP contribution in [0.3, 0.4) is 0 Å². The second-order valence-corrected chi connectivity index (χ2v) is 9.92. The van der Waals surface area contributed by atoms with Crippen molar-refractivity contribution in [1.82, 2.24) is 15.2 Å². The van der Waals surface area contributed by atoms with Gasteiger partial charge in [-0.1, -0.05) is 12.1 Å². The zero-order chi connectivity index (χ0) is 25.7.